The molecule has 0 bridgehead atoms. The molecule has 0 spiro atoms. The van der Waals surface area contributed by atoms with E-state index in [9.17, 15) is 0 Å². The molecule has 0 amide bonds. The molecule has 0 aliphatic heterocycles. The van der Waals surface area contributed by atoms with Crippen molar-refractivity contribution in [3.8, 4) is 67.7 Å². The lowest BCUT2D eigenvalue weighted by molar-refractivity contribution is 0.771. The van der Waals surface area contributed by atoms with E-state index in [0.29, 0.717) is 17.5 Å². The first-order valence-electron chi connectivity index (χ1n) is 20.0. The summed E-state index contributed by atoms with van der Waals surface area (Å²) in [4.78, 5) is 20.5. The first-order chi connectivity index (χ1) is 29.3. The van der Waals surface area contributed by atoms with Gasteiger partial charge in [0.05, 0.1) is 11.1 Å². The highest BCUT2D eigenvalue weighted by Gasteiger charge is 2.49. The maximum atomic E-state index is 5.32. The number of hydrogen-bond acceptors (Lipinski definition) is 4. The molecule has 8 aromatic carbocycles. The zero-order valence-corrected chi connectivity index (χ0v) is 32.1. The van der Waals surface area contributed by atoms with Crippen LogP contribution in [-0.2, 0) is 5.41 Å². The lowest BCUT2D eigenvalue weighted by Crippen LogP contribution is -2.30. The molecule has 0 fully saturated rings. The van der Waals surface area contributed by atoms with Gasteiger partial charge in [-0.1, -0.05) is 200 Å². The summed E-state index contributed by atoms with van der Waals surface area (Å²) < 4.78 is 0. The van der Waals surface area contributed by atoms with E-state index in [2.05, 4.69) is 170 Å². The van der Waals surface area contributed by atoms with Crippen LogP contribution in [0, 0.1) is 0 Å². The van der Waals surface area contributed by atoms with Crippen molar-refractivity contribution in [1.82, 2.24) is 19.9 Å². The first-order valence-corrected chi connectivity index (χ1v) is 20.0. The second-order valence-corrected chi connectivity index (χ2v) is 14.9. The van der Waals surface area contributed by atoms with Gasteiger partial charge in [0, 0.05) is 28.5 Å². The third kappa shape index (κ3) is 5.60. The summed E-state index contributed by atoms with van der Waals surface area (Å²) in [5, 5.41) is 2.34. The average Bonchev–Trinajstić information content (AvgIpc) is 3.64. The topological polar surface area (TPSA) is 51.6 Å². The average molecular weight is 753 g/mol. The lowest BCUT2D eigenvalue weighted by Gasteiger charge is -2.36. The van der Waals surface area contributed by atoms with Crippen LogP contribution in [-0.4, -0.2) is 19.9 Å². The third-order valence-corrected chi connectivity index (χ3v) is 11.7. The fourth-order valence-corrected chi connectivity index (χ4v) is 9.23. The number of benzene rings is 8. The van der Waals surface area contributed by atoms with Gasteiger partial charge in [-0.15, -0.1) is 0 Å². The summed E-state index contributed by atoms with van der Waals surface area (Å²) in [7, 11) is 0. The molecule has 0 atom stereocenters. The van der Waals surface area contributed by atoms with Gasteiger partial charge in [-0.25, -0.2) is 15.0 Å². The second-order valence-electron chi connectivity index (χ2n) is 14.9. The normalized spacial score (nSPS) is 12.5. The van der Waals surface area contributed by atoms with Gasteiger partial charge in [-0.3, -0.25) is 4.98 Å². The van der Waals surface area contributed by atoms with Crippen LogP contribution in [0.4, 0.5) is 0 Å². The van der Waals surface area contributed by atoms with Crippen LogP contribution in [0.15, 0.2) is 219 Å². The van der Waals surface area contributed by atoms with Crippen LogP contribution in [0.1, 0.15) is 22.3 Å². The van der Waals surface area contributed by atoms with Gasteiger partial charge in [0.2, 0.25) is 0 Å². The summed E-state index contributed by atoms with van der Waals surface area (Å²) in [6.45, 7) is 0. The Morgan fingerprint density at radius 1 is 0.288 bits per heavy atom. The Morgan fingerprint density at radius 2 is 0.712 bits per heavy atom. The van der Waals surface area contributed by atoms with E-state index in [1.165, 1.54) is 38.8 Å². The number of aromatic nitrogens is 4. The third-order valence-electron chi connectivity index (χ3n) is 11.7. The van der Waals surface area contributed by atoms with Crippen LogP contribution >= 0.6 is 0 Å². The molecule has 10 aromatic rings. The Hall–Kier alpha value is -7.82. The monoisotopic (exact) mass is 752 g/mol. The predicted octanol–water partition coefficient (Wildman–Crippen LogP) is 13.1. The zero-order valence-electron chi connectivity index (χ0n) is 32.1. The zero-order chi connectivity index (χ0) is 39.2. The maximum Gasteiger partial charge on any atom is 0.164 e. The van der Waals surface area contributed by atoms with E-state index < -0.39 is 5.41 Å². The van der Waals surface area contributed by atoms with Crippen LogP contribution in [0.25, 0.3) is 78.4 Å². The summed E-state index contributed by atoms with van der Waals surface area (Å²) in [5.74, 6) is 1.89. The molecule has 1 aliphatic carbocycles. The van der Waals surface area contributed by atoms with E-state index in [0.717, 1.165) is 44.5 Å². The minimum absolute atomic E-state index is 0.630. The minimum Gasteiger partial charge on any atom is -0.256 e. The largest absolute Gasteiger partial charge is 0.256 e. The van der Waals surface area contributed by atoms with Crippen molar-refractivity contribution in [2.45, 2.75) is 5.41 Å². The molecule has 0 saturated carbocycles. The molecule has 0 saturated heterocycles. The molecule has 0 radical (unpaired) electrons. The number of hydrogen-bond donors (Lipinski definition) is 0. The Balaban J connectivity index is 1.25. The highest BCUT2D eigenvalue weighted by molar-refractivity contribution is 6.07. The molecular formula is C55H36N4. The Morgan fingerprint density at radius 3 is 1.25 bits per heavy atom. The smallest absolute Gasteiger partial charge is 0.164 e. The molecule has 0 N–H and O–H groups in total. The van der Waals surface area contributed by atoms with E-state index in [4.69, 9.17) is 19.9 Å². The van der Waals surface area contributed by atoms with E-state index in [1.807, 2.05) is 48.7 Å². The minimum atomic E-state index is -0.756. The summed E-state index contributed by atoms with van der Waals surface area (Å²) >= 11 is 0. The number of nitrogens with zero attached hydrogens (tertiary/aromatic N) is 4. The molecule has 276 valence electrons. The molecule has 59 heavy (non-hydrogen) atoms. The molecule has 2 heterocycles. The van der Waals surface area contributed by atoms with Crippen molar-refractivity contribution in [2.24, 2.45) is 0 Å². The van der Waals surface area contributed by atoms with Gasteiger partial charge in [0.15, 0.2) is 17.5 Å². The maximum absolute atomic E-state index is 5.32. The van der Waals surface area contributed by atoms with Crippen LogP contribution in [0.3, 0.4) is 0 Å². The Labute approximate surface area is 343 Å². The van der Waals surface area contributed by atoms with E-state index in [1.54, 1.807) is 0 Å². The fraction of sp³-hybridized carbons (Fsp3) is 0.0182. The van der Waals surface area contributed by atoms with Crippen LogP contribution < -0.4 is 0 Å². The number of rotatable bonds is 7. The van der Waals surface area contributed by atoms with Crippen molar-refractivity contribution in [3.05, 3.63) is 241 Å². The first kappa shape index (κ1) is 34.4. The summed E-state index contributed by atoms with van der Waals surface area (Å²) in [6, 6.07) is 75.1. The molecule has 4 nitrogen and oxygen atoms in total. The van der Waals surface area contributed by atoms with Gasteiger partial charge >= 0.3 is 0 Å². The van der Waals surface area contributed by atoms with Crippen molar-refractivity contribution in [2.75, 3.05) is 0 Å². The molecule has 2 aromatic heterocycles. The van der Waals surface area contributed by atoms with Crippen molar-refractivity contribution >= 4 is 10.8 Å². The Bertz CT molecular complexity index is 3030. The predicted molar refractivity (Wildman–Crippen MR) is 240 cm³/mol. The highest BCUT2D eigenvalue weighted by Crippen LogP contribution is 2.61. The van der Waals surface area contributed by atoms with Gasteiger partial charge in [-0.2, -0.15) is 0 Å². The van der Waals surface area contributed by atoms with Gasteiger partial charge < -0.3 is 0 Å². The molecule has 4 heteroatoms. The van der Waals surface area contributed by atoms with Crippen LogP contribution in [0.2, 0.25) is 0 Å². The highest BCUT2D eigenvalue weighted by atomic mass is 15.0. The Kier molecular flexibility index (Phi) is 8.34. The van der Waals surface area contributed by atoms with Gasteiger partial charge in [0.1, 0.15) is 0 Å². The van der Waals surface area contributed by atoms with Crippen molar-refractivity contribution < 1.29 is 0 Å². The molecule has 0 unspecified atom stereocenters. The van der Waals surface area contributed by atoms with Crippen LogP contribution in [0.5, 0.6) is 0 Å². The van der Waals surface area contributed by atoms with E-state index in [-0.39, 0.29) is 0 Å². The second kappa shape index (κ2) is 14.3. The fourth-order valence-electron chi connectivity index (χ4n) is 9.23. The standard InChI is InChI=1S/C55H36N4/c1-5-19-37(20-6-1)52-57-53(38-21-7-2-8-22-38)59-54(58-52)48-32-18-31-47-46-30-17-29-45(43-34-35-44(49-33-15-16-36-56-49)42-28-14-13-27-41(42)43)50(46)55(51(47)48,39-23-9-3-10-24-39)40-25-11-4-12-26-40/h1-36H. The SMILES string of the molecule is c1ccc(-c2nc(-c3ccccc3)nc(-c3cccc4c3C(c3ccccc3)(c3ccccc3)c3c-4cccc3-c3ccc(-c4ccccn4)c4ccccc34)n2)cc1. The lowest BCUT2D eigenvalue weighted by atomic mass is 9.65. The van der Waals surface area contributed by atoms with Gasteiger partial charge in [0.25, 0.3) is 0 Å². The van der Waals surface area contributed by atoms with Gasteiger partial charge in [-0.05, 0) is 67.4 Å². The summed E-state index contributed by atoms with van der Waals surface area (Å²) in [5.41, 5.74) is 13.5. The van der Waals surface area contributed by atoms with Crippen molar-refractivity contribution in [1.29, 1.82) is 0 Å². The van der Waals surface area contributed by atoms with Crippen molar-refractivity contribution in [3.63, 3.8) is 0 Å². The molecular weight excluding hydrogens is 717 g/mol. The number of fused-ring (bicyclic) bond motifs is 4. The number of pyridine rings is 1. The van der Waals surface area contributed by atoms with E-state index >= 15 is 0 Å². The molecule has 11 rings (SSSR count). The quantitative estimate of drug-likeness (QED) is 0.163. The summed E-state index contributed by atoms with van der Waals surface area (Å²) in [6.07, 6.45) is 1.86. The molecule has 1 aliphatic rings.